The number of hydrogen-bond donors (Lipinski definition) is 1. The van der Waals surface area contributed by atoms with Crippen LogP contribution in [0.15, 0.2) is 18.2 Å². The number of aliphatic hydroxyl groups excluding tert-OH is 1. The van der Waals surface area contributed by atoms with Crippen LogP contribution >= 0.6 is 0 Å². The summed E-state index contributed by atoms with van der Waals surface area (Å²) in [6.07, 6.45) is -0.604. The first-order valence-electron chi connectivity index (χ1n) is 4.37. The second kappa shape index (κ2) is 4.72. The molecule has 76 valence electrons. The van der Waals surface area contributed by atoms with Gasteiger partial charge in [0, 0.05) is 6.92 Å². The molecule has 4 heteroatoms. The molecule has 1 rings (SSSR count). The van der Waals surface area contributed by atoms with E-state index in [0.29, 0.717) is 11.4 Å². The van der Waals surface area contributed by atoms with Crippen LogP contribution in [0.2, 0.25) is 0 Å². The maximum absolute atomic E-state index is 10.5. The molecule has 0 saturated heterocycles. The monoisotopic (exact) mass is 195 g/mol. The number of rotatable bonds is 3. The number of pyridine rings is 1. The van der Waals surface area contributed by atoms with Crippen molar-refractivity contribution < 1.29 is 14.6 Å². The summed E-state index contributed by atoms with van der Waals surface area (Å²) >= 11 is 0. The summed E-state index contributed by atoms with van der Waals surface area (Å²) in [6.45, 7) is 3.13. The fraction of sp³-hybridized carbons (Fsp3) is 0.400. The molecule has 14 heavy (non-hydrogen) atoms. The highest BCUT2D eigenvalue weighted by Crippen LogP contribution is 2.09. The summed E-state index contributed by atoms with van der Waals surface area (Å²) in [5.41, 5.74) is 1.22. The fourth-order valence-electron chi connectivity index (χ4n) is 0.987. The Kier molecular flexibility index (Phi) is 3.59. The largest absolute Gasteiger partial charge is 0.459 e. The van der Waals surface area contributed by atoms with Crippen LogP contribution in [-0.2, 0) is 16.1 Å². The molecule has 0 aliphatic carbocycles. The lowest BCUT2D eigenvalue weighted by Gasteiger charge is -2.06. The molecule has 0 bridgehead atoms. The number of nitrogens with zero attached hydrogens (tertiary/aromatic N) is 1. The van der Waals surface area contributed by atoms with Gasteiger partial charge in [-0.15, -0.1) is 0 Å². The van der Waals surface area contributed by atoms with Crippen molar-refractivity contribution in [2.75, 3.05) is 0 Å². The summed E-state index contributed by atoms with van der Waals surface area (Å²) in [7, 11) is 0. The molecule has 1 N–H and O–H groups in total. The number of hydrogen-bond acceptors (Lipinski definition) is 4. The summed E-state index contributed by atoms with van der Waals surface area (Å²) < 4.78 is 4.78. The molecule has 1 aromatic rings. The average molecular weight is 195 g/mol. The van der Waals surface area contributed by atoms with E-state index in [1.807, 2.05) is 0 Å². The van der Waals surface area contributed by atoms with Crippen LogP contribution in [0.5, 0.6) is 0 Å². The number of carbonyl (C=O) groups excluding carboxylic acids is 1. The minimum absolute atomic E-state index is 0.149. The third-order valence-electron chi connectivity index (χ3n) is 1.68. The molecule has 1 atom stereocenters. The molecule has 0 saturated carbocycles. The number of aromatic nitrogens is 1. The van der Waals surface area contributed by atoms with Gasteiger partial charge in [0.25, 0.3) is 0 Å². The average Bonchev–Trinajstić information content (AvgIpc) is 2.15. The van der Waals surface area contributed by atoms with Crippen LogP contribution in [0.25, 0.3) is 0 Å². The maximum Gasteiger partial charge on any atom is 0.303 e. The van der Waals surface area contributed by atoms with Crippen molar-refractivity contribution in [2.45, 2.75) is 26.6 Å². The summed E-state index contributed by atoms with van der Waals surface area (Å²) in [4.78, 5) is 14.7. The molecule has 0 unspecified atom stereocenters. The topological polar surface area (TPSA) is 59.4 Å². The molecule has 1 heterocycles. The first-order valence-corrected chi connectivity index (χ1v) is 4.37. The van der Waals surface area contributed by atoms with Crippen LogP contribution < -0.4 is 0 Å². The molecular formula is C10H13NO3. The zero-order valence-corrected chi connectivity index (χ0v) is 8.23. The summed E-state index contributed by atoms with van der Waals surface area (Å²) in [6, 6.07) is 5.24. The SMILES string of the molecule is CC(=O)OCc1cccc([C@H](C)O)n1. The van der Waals surface area contributed by atoms with Gasteiger partial charge >= 0.3 is 5.97 Å². The minimum Gasteiger partial charge on any atom is -0.459 e. The van der Waals surface area contributed by atoms with Crippen molar-refractivity contribution in [2.24, 2.45) is 0 Å². The third kappa shape index (κ3) is 3.14. The zero-order valence-electron chi connectivity index (χ0n) is 8.23. The molecule has 0 aromatic carbocycles. The Hall–Kier alpha value is -1.42. The molecule has 0 amide bonds. The Bertz CT molecular complexity index is 323. The number of esters is 1. The second-order valence-corrected chi connectivity index (χ2v) is 3.01. The summed E-state index contributed by atoms with van der Waals surface area (Å²) in [5.74, 6) is -0.339. The quantitative estimate of drug-likeness (QED) is 0.736. The number of aliphatic hydroxyl groups is 1. The highest BCUT2D eigenvalue weighted by atomic mass is 16.5. The fourth-order valence-corrected chi connectivity index (χ4v) is 0.987. The van der Waals surface area contributed by atoms with E-state index in [1.165, 1.54) is 6.92 Å². The predicted molar refractivity (Wildman–Crippen MR) is 50.3 cm³/mol. The Morgan fingerprint density at radius 3 is 2.93 bits per heavy atom. The molecule has 0 aliphatic heterocycles. The van der Waals surface area contributed by atoms with Crippen LogP contribution in [0.3, 0.4) is 0 Å². The van der Waals surface area contributed by atoms with E-state index in [2.05, 4.69) is 4.98 Å². The minimum atomic E-state index is -0.604. The molecular weight excluding hydrogens is 182 g/mol. The van der Waals surface area contributed by atoms with Gasteiger partial charge in [0.1, 0.15) is 6.61 Å². The molecule has 1 aromatic heterocycles. The first-order chi connectivity index (χ1) is 6.59. The van der Waals surface area contributed by atoms with E-state index in [4.69, 9.17) is 4.74 Å². The van der Waals surface area contributed by atoms with Crippen molar-refractivity contribution in [3.05, 3.63) is 29.6 Å². The third-order valence-corrected chi connectivity index (χ3v) is 1.68. The van der Waals surface area contributed by atoms with Gasteiger partial charge in [-0.2, -0.15) is 0 Å². The van der Waals surface area contributed by atoms with Crippen molar-refractivity contribution in [1.29, 1.82) is 0 Å². The van der Waals surface area contributed by atoms with Gasteiger partial charge in [0.15, 0.2) is 0 Å². The molecule has 0 radical (unpaired) electrons. The van der Waals surface area contributed by atoms with Gasteiger partial charge in [0.05, 0.1) is 17.5 Å². The van der Waals surface area contributed by atoms with Crippen LogP contribution in [0.1, 0.15) is 31.3 Å². The van der Waals surface area contributed by atoms with Gasteiger partial charge in [-0.05, 0) is 19.1 Å². The lowest BCUT2D eigenvalue weighted by molar-refractivity contribution is -0.142. The van der Waals surface area contributed by atoms with E-state index in [0.717, 1.165) is 0 Å². The number of ether oxygens (including phenoxy) is 1. The van der Waals surface area contributed by atoms with Crippen LogP contribution in [0.4, 0.5) is 0 Å². The van der Waals surface area contributed by atoms with Crippen LogP contribution in [0, 0.1) is 0 Å². The Morgan fingerprint density at radius 1 is 1.64 bits per heavy atom. The number of carbonyl (C=O) groups is 1. The second-order valence-electron chi connectivity index (χ2n) is 3.01. The normalized spacial score (nSPS) is 12.2. The standard InChI is InChI=1S/C10H13NO3/c1-7(12)10-5-3-4-9(11-10)6-14-8(2)13/h3-5,7,12H,6H2,1-2H3/t7-/m0/s1. The predicted octanol–water partition coefficient (Wildman–Crippen LogP) is 1.20. The highest BCUT2D eigenvalue weighted by Gasteiger charge is 2.04. The van der Waals surface area contributed by atoms with E-state index in [9.17, 15) is 9.90 Å². The van der Waals surface area contributed by atoms with E-state index in [1.54, 1.807) is 25.1 Å². The van der Waals surface area contributed by atoms with Gasteiger partial charge < -0.3 is 9.84 Å². The van der Waals surface area contributed by atoms with Gasteiger partial charge in [-0.25, -0.2) is 0 Å². The van der Waals surface area contributed by atoms with Crippen molar-refractivity contribution in [3.63, 3.8) is 0 Å². The molecule has 0 aliphatic rings. The lowest BCUT2D eigenvalue weighted by Crippen LogP contribution is -2.03. The molecule has 0 spiro atoms. The van der Waals surface area contributed by atoms with Gasteiger partial charge in [0.2, 0.25) is 0 Å². The van der Waals surface area contributed by atoms with Crippen molar-refractivity contribution >= 4 is 5.97 Å². The lowest BCUT2D eigenvalue weighted by atomic mass is 10.2. The van der Waals surface area contributed by atoms with Gasteiger partial charge in [-0.1, -0.05) is 6.07 Å². The molecule has 4 nitrogen and oxygen atoms in total. The van der Waals surface area contributed by atoms with E-state index in [-0.39, 0.29) is 12.6 Å². The van der Waals surface area contributed by atoms with Crippen LogP contribution in [-0.4, -0.2) is 16.1 Å². The van der Waals surface area contributed by atoms with Crippen molar-refractivity contribution in [3.8, 4) is 0 Å². The molecule has 0 fully saturated rings. The maximum atomic E-state index is 10.5. The van der Waals surface area contributed by atoms with E-state index >= 15 is 0 Å². The highest BCUT2D eigenvalue weighted by molar-refractivity contribution is 5.65. The van der Waals surface area contributed by atoms with E-state index < -0.39 is 6.10 Å². The van der Waals surface area contributed by atoms with Gasteiger partial charge in [-0.3, -0.25) is 9.78 Å². The Morgan fingerprint density at radius 2 is 2.36 bits per heavy atom. The Balaban J connectivity index is 2.68. The zero-order chi connectivity index (χ0) is 10.6. The van der Waals surface area contributed by atoms with Crippen molar-refractivity contribution in [1.82, 2.24) is 4.98 Å². The first kappa shape index (κ1) is 10.7. The Labute approximate surface area is 82.5 Å². The smallest absolute Gasteiger partial charge is 0.303 e. The summed E-state index contributed by atoms with van der Waals surface area (Å²) in [5, 5.41) is 9.26.